The van der Waals surface area contributed by atoms with E-state index in [0.717, 1.165) is 22.5 Å². The number of carbonyl (C=O) groups excluding carboxylic acids is 1. The number of fused-ring (bicyclic) bond motifs is 2. The van der Waals surface area contributed by atoms with E-state index < -0.39 is 6.36 Å². The Morgan fingerprint density at radius 2 is 2.18 bits per heavy atom. The molecule has 2 aliphatic rings. The smallest absolute Gasteiger partial charge is 0.403 e. The molecule has 1 fully saturated rings. The SMILES string of the molecule is CC1(C)Cc2nc(N3CCOC[C@@H]3Cc3c[nH]c4c(OC(F)(F)F)cc(Cl)cc34)sc2C(=O)N1. The molecule has 5 rings (SSSR count). The number of aromatic nitrogens is 2. The second-order valence-electron chi connectivity index (χ2n) is 9.10. The number of halogens is 4. The molecule has 2 aromatic heterocycles. The highest BCUT2D eigenvalue weighted by Crippen LogP contribution is 2.37. The maximum absolute atomic E-state index is 12.9. The topological polar surface area (TPSA) is 79.5 Å². The van der Waals surface area contributed by atoms with Crippen LogP contribution in [0.15, 0.2) is 18.3 Å². The van der Waals surface area contributed by atoms with Crippen LogP contribution in [0.3, 0.4) is 0 Å². The van der Waals surface area contributed by atoms with E-state index in [4.69, 9.17) is 21.3 Å². The number of aromatic amines is 1. The third-order valence-electron chi connectivity index (χ3n) is 5.91. The summed E-state index contributed by atoms with van der Waals surface area (Å²) in [6.07, 6.45) is -2.04. The largest absolute Gasteiger partial charge is 0.573 e. The number of nitrogens with zero attached hydrogens (tertiary/aromatic N) is 2. The molecule has 3 aromatic rings. The minimum atomic E-state index is -4.83. The molecule has 1 aromatic carbocycles. The molecular weight excluding hydrogens is 493 g/mol. The van der Waals surface area contributed by atoms with Crippen molar-refractivity contribution in [3.8, 4) is 5.75 Å². The van der Waals surface area contributed by atoms with Gasteiger partial charge in [0.15, 0.2) is 10.9 Å². The van der Waals surface area contributed by atoms with E-state index in [1.54, 1.807) is 12.3 Å². The van der Waals surface area contributed by atoms with Crippen LogP contribution >= 0.6 is 22.9 Å². The summed E-state index contributed by atoms with van der Waals surface area (Å²) in [5.74, 6) is -0.498. The fourth-order valence-electron chi connectivity index (χ4n) is 4.51. The van der Waals surface area contributed by atoms with Crippen LogP contribution in [0, 0.1) is 0 Å². The summed E-state index contributed by atoms with van der Waals surface area (Å²) in [5, 5.41) is 4.44. The molecule has 182 valence electrons. The van der Waals surface area contributed by atoms with Gasteiger partial charge < -0.3 is 24.7 Å². The normalized spacial score (nSPS) is 20.4. The number of carbonyl (C=O) groups is 1. The fourth-order valence-corrected chi connectivity index (χ4v) is 5.79. The zero-order chi connectivity index (χ0) is 24.3. The lowest BCUT2D eigenvalue weighted by atomic mass is 9.94. The zero-order valence-electron chi connectivity index (χ0n) is 18.4. The van der Waals surface area contributed by atoms with E-state index in [1.807, 2.05) is 13.8 Å². The van der Waals surface area contributed by atoms with Gasteiger partial charge in [0.1, 0.15) is 4.88 Å². The Morgan fingerprint density at radius 1 is 1.38 bits per heavy atom. The lowest BCUT2D eigenvalue weighted by molar-refractivity contribution is -0.274. The predicted octanol–water partition coefficient (Wildman–Crippen LogP) is 4.69. The summed E-state index contributed by atoms with van der Waals surface area (Å²) in [7, 11) is 0. The number of alkyl halides is 3. The van der Waals surface area contributed by atoms with E-state index in [2.05, 4.69) is 19.9 Å². The quantitative estimate of drug-likeness (QED) is 0.528. The molecule has 1 amide bonds. The number of anilines is 1. The van der Waals surface area contributed by atoms with Crippen molar-refractivity contribution in [1.82, 2.24) is 15.3 Å². The Balaban J connectivity index is 1.45. The molecule has 7 nitrogen and oxygen atoms in total. The molecule has 34 heavy (non-hydrogen) atoms. The van der Waals surface area contributed by atoms with Gasteiger partial charge in [-0.15, -0.1) is 13.2 Å². The van der Waals surface area contributed by atoms with Crippen molar-refractivity contribution < 1.29 is 27.4 Å². The highest BCUT2D eigenvalue weighted by molar-refractivity contribution is 7.17. The van der Waals surface area contributed by atoms with Crippen LogP contribution in [0.5, 0.6) is 5.75 Å². The molecule has 1 saturated heterocycles. The van der Waals surface area contributed by atoms with Crippen LogP contribution in [-0.4, -0.2) is 53.6 Å². The molecule has 2 aliphatic heterocycles. The number of H-pyrrole nitrogens is 1. The Kier molecular flexibility index (Phi) is 5.69. The van der Waals surface area contributed by atoms with Crippen molar-refractivity contribution in [1.29, 1.82) is 0 Å². The van der Waals surface area contributed by atoms with Crippen LogP contribution < -0.4 is 15.0 Å². The second kappa shape index (κ2) is 8.31. The zero-order valence-corrected chi connectivity index (χ0v) is 20.0. The van der Waals surface area contributed by atoms with Gasteiger partial charge in [0.2, 0.25) is 0 Å². The molecule has 0 unspecified atom stereocenters. The molecule has 0 radical (unpaired) electrons. The van der Waals surface area contributed by atoms with Crippen LogP contribution in [0.1, 0.15) is 34.8 Å². The molecule has 2 N–H and O–H groups in total. The van der Waals surface area contributed by atoms with E-state index in [1.165, 1.54) is 11.3 Å². The summed E-state index contributed by atoms with van der Waals surface area (Å²) in [6, 6.07) is 2.64. The summed E-state index contributed by atoms with van der Waals surface area (Å²) >= 11 is 7.46. The number of benzene rings is 1. The van der Waals surface area contributed by atoms with Crippen LogP contribution in [0.2, 0.25) is 5.02 Å². The molecule has 0 spiro atoms. The van der Waals surface area contributed by atoms with Crippen molar-refractivity contribution in [2.45, 2.75) is 44.6 Å². The van der Waals surface area contributed by atoms with Crippen LogP contribution in [-0.2, 0) is 17.6 Å². The number of rotatable bonds is 4. The number of amides is 1. The Hall–Kier alpha value is -2.50. The third kappa shape index (κ3) is 4.56. The average molecular weight is 515 g/mol. The van der Waals surface area contributed by atoms with Gasteiger partial charge in [-0.3, -0.25) is 4.79 Å². The van der Waals surface area contributed by atoms with E-state index in [9.17, 15) is 18.0 Å². The molecule has 0 bridgehead atoms. The molecule has 0 aliphatic carbocycles. The summed E-state index contributed by atoms with van der Waals surface area (Å²) < 4.78 is 48.4. The number of nitrogens with one attached hydrogen (secondary N) is 2. The fraction of sp³-hybridized carbons (Fsp3) is 0.455. The monoisotopic (exact) mass is 514 g/mol. The molecule has 12 heteroatoms. The number of hydrogen-bond acceptors (Lipinski definition) is 6. The second-order valence-corrected chi connectivity index (χ2v) is 10.5. The van der Waals surface area contributed by atoms with Crippen molar-refractivity contribution >= 4 is 44.9 Å². The van der Waals surface area contributed by atoms with Gasteiger partial charge in [-0.05, 0) is 31.9 Å². The minimum Gasteiger partial charge on any atom is -0.403 e. The first-order chi connectivity index (χ1) is 16.0. The van der Waals surface area contributed by atoms with Gasteiger partial charge in [0.05, 0.1) is 30.5 Å². The first kappa shape index (κ1) is 23.3. The first-order valence-electron chi connectivity index (χ1n) is 10.7. The van der Waals surface area contributed by atoms with Crippen molar-refractivity contribution in [2.75, 3.05) is 24.7 Å². The summed E-state index contributed by atoms with van der Waals surface area (Å²) in [6.45, 7) is 5.45. The van der Waals surface area contributed by atoms with Gasteiger partial charge >= 0.3 is 6.36 Å². The van der Waals surface area contributed by atoms with Gasteiger partial charge in [-0.2, -0.15) is 0 Å². The number of hydrogen-bond donors (Lipinski definition) is 2. The maximum Gasteiger partial charge on any atom is 0.573 e. The summed E-state index contributed by atoms with van der Waals surface area (Å²) in [5.41, 5.74) is 1.43. The van der Waals surface area contributed by atoms with Crippen molar-refractivity contribution in [3.63, 3.8) is 0 Å². The maximum atomic E-state index is 12.9. The summed E-state index contributed by atoms with van der Waals surface area (Å²) in [4.78, 5) is 23.0. The third-order valence-corrected chi connectivity index (χ3v) is 7.26. The van der Waals surface area contributed by atoms with Crippen LogP contribution in [0.4, 0.5) is 18.3 Å². The van der Waals surface area contributed by atoms with Crippen molar-refractivity contribution in [2.24, 2.45) is 0 Å². The van der Waals surface area contributed by atoms with Gasteiger partial charge in [0, 0.05) is 41.2 Å². The molecule has 0 saturated carbocycles. The lowest BCUT2D eigenvalue weighted by Crippen LogP contribution is -2.48. The molecule has 1 atom stereocenters. The van der Waals surface area contributed by atoms with Crippen molar-refractivity contribution in [3.05, 3.63) is 39.5 Å². The first-order valence-corrected chi connectivity index (χ1v) is 11.9. The molecule has 4 heterocycles. The number of ether oxygens (including phenoxy) is 2. The Morgan fingerprint density at radius 3 is 2.94 bits per heavy atom. The standard InChI is InChI=1S/C22H22ClF3N4O3S/c1-21(2)8-15-18(19(31)29-21)34-20(28-15)30-3-4-32-10-13(30)5-11-9-27-17-14(11)6-12(23)7-16(17)33-22(24,25)26/h6-7,9,13,27H,3-5,8,10H2,1-2H3,(H,29,31)/t13-/m0/s1. The number of thiazole rings is 1. The van der Waals surface area contributed by atoms with Gasteiger partial charge in [-0.1, -0.05) is 22.9 Å². The van der Waals surface area contributed by atoms with Gasteiger partial charge in [-0.25, -0.2) is 4.98 Å². The predicted molar refractivity (Wildman–Crippen MR) is 123 cm³/mol. The van der Waals surface area contributed by atoms with Gasteiger partial charge in [0.25, 0.3) is 5.91 Å². The lowest BCUT2D eigenvalue weighted by Gasteiger charge is -2.35. The van der Waals surface area contributed by atoms with E-state index in [-0.39, 0.29) is 33.8 Å². The average Bonchev–Trinajstić information content (AvgIpc) is 3.31. The number of morpholine rings is 1. The minimum absolute atomic E-state index is 0.122. The highest BCUT2D eigenvalue weighted by Gasteiger charge is 2.36. The van der Waals surface area contributed by atoms with Crippen LogP contribution in [0.25, 0.3) is 10.9 Å². The highest BCUT2D eigenvalue weighted by atomic mass is 35.5. The Labute approximate surface area is 202 Å². The van der Waals surface area contributed by atoms with E-state index >= 15 is 0 Å². The Bertz CT molecular complexity index is 1260. The molecular formula is C22H22ClF3N4O3S. The van der Waals surface area contributed by atoms with E-state index in [0.29, 0.717) is 42.9 Å².